The molecule has 1 aromatic carbocycles. The molecular formula is C19H27N3O5S. The number of rotatable bonds is 4. The van der Waals surface area contributed by atoms with Crippen LogP contribution in [0.15, 0.2) is 17.0 Å². The summed E-state index contributed by atoms with van der Waals surface area (Å²) in [5.74, 6) is -0.224. The number of carbonyl (C=O) groups is 2. The van der Waals surface area contributed by atoms with E-state index in [2.05, 4.69) is 4.72 Å². The lowest BCUT2D eigenvalue weighted by molar-refractivity contribution is -0.142. The van der Waals surface area contributed by atoms with Crippen LogP contribution >= 0.6 is 0 Å². The molecule has 0 bridgehead atoms. The van der Waals surface area contributed by atoms with Gasteiger partial charge in [-0.2, -0.15) is 0 Å². The Morgan fingerprint density at radius 1 is 1.11 bits per heavy atom. The number of nitrogens with one attached hydrogen (secondary N) is 1. The smallest absolute Gasteiger partial charge is 0.254 e. The number of ether oxygens (including phenoxy) is 1. The van der Waals surface area contributed by atoms with Crippen LogP contribution in [0.2, 0.25) is 0 Å². The minimum absolute atomic E-state index is 0.00169. The highest BCUT2D eigenvalue weighted by Crippen LogP contribution is 2.23. The molecule has 0 aromatic heterocycles. The SMILES string of the molecule is CNS(=O)(=O)c1cc(C(=O)N2CCN(C(=O)C3CCCO3)CC2)cc(C)c1C. The Hall–Kier alpha value is -1.97. The van der Waals surface area contributed by atoms with Crippen molar-refractivity contribution < 1.29 is 22.7 Å². The van der Waals surface area contributed by atoms with Crippen LogP contribution in [0.1, 0.15) is 34.3 Å². The highest BCUT2D eigenvalue weighted by molar-refractivity contribution is 7.89. The number of sulfonamides is 1. The predicted molar refractivity (Wildman–Crippen MR) is 104 cm³/mol. The first-order valence-electron chi connectivity index (χ1n) is 9.49. The van der Waals surface area contributed by atoms with Crippen molar-refractivity contribution in [3.63, 3.8) is 0 Å². The minimum Gasteiger partial charge on any atom is -0.368 e. The molecule has 1 aromatic rings. The number of hydrogen-bond acceptors (Lipinski definition) is 5. The summed E-state index contributed by atoms with van der Waals surface area (Å²) in [7, 11) is -2.31. The summed E-state index contributed by atoms with van der Waals surface area (Å²) in [6.45, 7) is 5.88. The summed E-state index contributed by atoms with van der Waals surface area (Å²) in [5, 5.41) is 0. The zero-order valence-electron chi connectivity index (χ0n) is 16.5. The van der Waals surface area contributed by atoms with Crippen LogP contribution in [-0.4, -0.2) is 76.0 Å². The van der Waals surface area contributed by atoms with Gasteiger partial charge in [0.15, 0.2) is 0 Å². The largest absolute Gasteiger partial charge is 0.368 e. The molecule has 0 spiro atoms. The van der Waals surface area contributed by atoms with Gasteiger partial charge in [0.2, 0.25) is 10.0 Å². The molecule has 9 heteroatoms. The van der Waals surface area contributed by atoms with Crippen molar-refractivity contribution in [1.82, 2.24) is 14.5 Å². The van der Waals surface area contributed by atoms with Gasteiger partial charge in [0, 0.05) is 38.3 Å². The van der Waals surface area contributed by atoms with Crippen LogP contribution in [0.4, 0.5) is 0 Å². The Morgan fingerprint density at radius 2 is 1.75 bits per heavy atom. The first-order valence-corrected chi connectivity index (χ1v) is 11.0. The topological polar surface area (TPSA) is 96.0 Å². The fourth-order valence-corrected chi connectivity index (χ4v) is 4.69. The monoisotopic (exact) mass is 409 g/mol. The minimum atomic E-state index is -3.66. The van der Waals surface area contributed by atoms with Crippen molar-refractivity contribution in [1.29, 1.82) is 0 Å². The van der Waals surface area contributed by atoms with E-state index in [0.29, 0.717) is 43.9 Å². The second kappa shape index (κ2) is 8.18. The van der Waals surface area contributed by atoms with E-state index >= 15 is 0 Å². The van der Waals surface area contributed by atoms with E-state index in [9.17, 15) is 18.0 Å². The molecule has 1 atom stereocenters. The molecule has 2 fully saturated rings. The lowest BCUT2D eigenvalue weighted by Crippen LogP contribution is -2.52. The summed E-state index contributed by atoms with van der Waals surface area (Å²) < 4.78 is 32.3. The summed E-state index contributed by atoms with van der Waals surface area (Å²) in [5.41, 5.74) is 1.71. The van der Waals surface area contributed by atoms with Crippen LogP contribution < -0.4 is 4.72 Å². The van der Waals surface area contributed by atoms with E-state index in [1.165, 1.54) is 13.1 Å². The molecule has 154 valence electrons. The van der Waals surface area contributed by atoms with Gasteiger partial charge in [-0.05, 0) is 57.0 Å². The number of hydrogen-bond donors (Lipinski definition) is 1. The van der Waals surface area contributed by atoms with Crippen LogP contribution in [0.3, 0.4) is 0 Å². The zero-order chi connectivity index (χ0) is 20.5. The molecule has 2 aliphatic rings. The number of amides is 2. The van der Waals surface area contributed by atoms with Crippen LogP contribution in [0.25, 0.3) is 0 Å². The summed E-state index contributed by atoms with van der Waals surface area (Å²) in [6.07, 6.45) is 1.30. The number of carbonyl (C=O) groups excluding carboxylic acids is 2. The average molecular weight is 410 g/mol. The lowest BCUT2D eigenvalue weighted by atomic mass is 10.0. The van der Waals surface area contributed by atoms with Gasteiger partial charge in [-0.15, -0.1) is 0 Å². The van der Waals surface area contributed by atoms with Gasteiger partial charge in [0.05, 0.1) is 4.90 Å². The number of nitrogens with zero attached hydrogens (tertiary/aromatic N) is 2. The van der Waals surface area contributed by atoms with Gasteiger partial charge >= 0.3 is 0 Å². The first kappa shape index (κ1) is 20.8. The molecule has 0 saturated carbocycles. The maximum absolute atomic E-state index is 12.9. The van der Waals surface area contributed by atoms with Crippen LogP contribution in [-0.2, 0) is 19.6 Å². The molecule has 2 amide bonds. The van der Waals surface area contributed by atoms with Crippen molar-refractivity contribution in [2.75, 3.05) is 39.8 Å². The van der Waals surface area contributed by atoms with Gasteiger partial charge < -0.3 is 14.5 Å². The van der Waals surface area contributed by atoms with Gasteiger partial charge in [0.25, 0.3) is 11.8 Å². The number of aryl methyl sites for hydroxylation is 1. The Bertz CT molecular complexity index is 870. The van der Waals surface area contributed by atoms with Crippen LogP contribution in [0.5, 0.6) is 0 Å². The molecule has 1 N–H and O–H groups in total. The van der Waals surface area contributed by atoms with E-state index < -0.39 is 10.0 Å². The molecule has 2 aliphatic heterocycles. The highest BCUT2D eigenvalue weighted by Gasteiger charge is 2.32. The van der Waals surface area contributed by atoms with Crippen molar-refractivity contribution >= 4 is 21.8 Å². The maximum Gasteiger partial charge on any atom is 0.254 e. The molecule has 2 heterocycles. The third-order valence-corrected chi connectivity index (χ3v) is 7.05. The first-order chi connectivity index (χ1) is 13.2. The van der Waals surface area contributed by atoms with E-state index in [4.69, 9.17) is 4.74 Å². The van der Waals surface area contributed by atoms with Crippen molar-refractivity contribution in [2.24, 2.45) is 0 Å². The Labute approximate surface area is 165 Å². The summed E-state index contributed by atoms with van der Waals surface area (Å²) in [4.78, 5) is 28.9. The third kappa shape index (κ3) is 4.06. The van der Waals surface area contributed by atoms with Gasteiger partial charge in [0.1, 0.15) is 6.10 Å². The van der Waals surface area contributed by atoms with Gasteiger partial charge in [-0.25, -0.2) is 13.1 Å². The van der Waals surface area contributed by atoms with E-state index in [1.54, 1.807) is 29.7 Å². The Kier molecular flexibility index (Phi) is 6.07. The summed E-state index contributed by atoms with van der Waals surface area (Å²) in [6, 6.07) is 3.15. The molecule has 2 saturated heterocycles. The molecule has 28 heavy (non-hydrogen) atoms. The van der Waals surface area contributed by atoms with E-state index in [0.717, 1.165) is 18.4 Å². The predicted octanol–water partition coefficient (Wildman–Crippen LogP) is 0.675. The van der Waals surface area contributed by atoms with E-state index in [1.807, 2.05) is 0 Å². The average Bonchev–Trinajstić information content (AvgIpc) is 3.23. The lowest BCUT2D eigenvalue weighted by Gasteiger charge is -2.36. The maximum atomic E-state index is 12.9. The standard InChI is InChI=1S/C19H27N3O5S/c1-13-11-15(12-17(14(13)2)28(25,26)20-3)18(23)21-6-8-22(9-7-21)19(24)16-5-4-10-27-16/h11-12,16,20H,4-10H2,1-3H3. The fourth-order valence-electron chi connectivity index (χ4n) is 3.63. The quantitative estimate of drug-likeness (QED) is 0.789. The zero-order valence-corrected chi connectivity index (χ0v) is 17.3. The normalized spacial score (nSPS) is 20.5. The second-order valence-electron chi connectivity index (χ2n) is 7.24. The highest BCUT2D eigenvalue weighted by atomic mass is 32.2. The van der Waals surface area contributed by atoms with Crippen molar-refractivity contribution in [3.05, 3.63) is 28.8 Å². The second-order valence-corrected chi connectivity index (χ2v) is 9.10. The number of piperazine rings is 1. The molecular weight excluding hydrogens is 382 g/mol. The van der Waals surface area contributed by atoms with Crippen LogP contribution in [0, 0.1) is 13.8 Å². The fraction of sp³-hybridized carbons (Fsp3) is 0.579. The van der Waals surface area contributed by atoms with E-state index in [-0.39, 0.29) is 22.8 Å². The molecule has 3 rings (SSSR count). The van der Waals surface area contributed by atoms with Crippen molar-refractivity contribution in [2.45, 2.75) is 37.7 Å². The van der Waals surface area contributed by atoms with Gasteiger partial charge in [-0.3, -0.25) is 9.59 Å². The summed E-state index contributed by atoms with van der Waals surface area (Å²) >= 11 is 0. The van der Waals surface area contributed by atoms with Crippen molar-refractivity contribution in [3.8, 4) is 0 Å². The Morgan fingerprint density at radius 3 is 2.32 bits per heavy atom. The molecule has 0 aliphatic carbocycles. The van der Waals surface area contributed by atoms with Gasteiger partial charge in [-0.1, -0.05) is 0 Å². The molecule has 1 unspecified atom stereocenters. The Balaban J connectivity index is 1.72. The number of benzene rings is 1. The molecule has 0 radical (unpaired) electrons. The third-order valence-electron chi connectivity index (χ3n) is 5.51. The molecule has 8 nitrogen and oxygen atoms in total.